The Morgan fingerprint density at radius 2 is 2.00 bits per heavy atom. The lowest BCUT2D eigenvalue weighted by Crippen LogP contribution is -2.47. The van der Waals surface area contributed by atoms with Crippen LogP contribution in [0.2, 0.25) is 5.15 Å². The molecule has 5 nitrogen and oxygen atoms in total. The molecule has 8 heteroatoms. The number of fused-ring (bicyclic) bond motifs is 1. The van der Waals surface area contributed by atoms with Gasteiger partial charge in [0.1, 0.15) is 4.88 Å². The van der Waals surface area contributed by atoms with E-state index >= 15 is 0 Å². The Kier molecular flexibility index (Phi) is 5.61. The van der Waals surface area contributed by atoms with Crippen LogP contribution in [0.3, 0.4) is 0 Å². The minimum absolute atomic E-state index is 0.0373. The van der Waals surface area contributed by atoms with Gasteiger partial charge in [-0.25, -0.2) is 13.9 Å². The van der Waals surface area contributed by atoms with Crippen LogP contribution in [0, 0.1) is 5.41 Å². The van der Waals surface area contributed by atoms with Gasteiger partial charge in [-0.1, -0.05) is 47.2 Å². The maximum atomic E-state index is 12.9. The Labute approximate surface area is 183 Å². The Morgan fingerprint density at radius 1 is 1.31 bits per heavy atom. The minimum atomic E-state index is -1.14. The predicted molar refractivity (Wildman–Crippen MR) is 120 cm³/mol. The van der Waals surface area contributed by atoms with E-state index < -0.39 is 11.0 Å². The highest BCUT2D eigenvalue weighted by atomic mass is 35.5. The van der Waals surface area contributed by atoms with E-state index in [0.29, 0.717) is 4.88 Å². The highest BCUT2D eigenvalue weighted by Gasteiger charge is 2.49. The Bertz CT molecular complexity index is 946. The summed E-state index contributed by atoms with van der Waals surface area (Å²) < 4.78 is 16.1. The van der Waals surface area contributed by atoms with Gasteiger partial charge in [0.05, 0.1) is 21.8 Å². The summed E-state index contributed by atoms with van der Waals surface area (Å²) in [5.41, 5.74) is 2.67. The SMILES string of the molecule is CC(C)(C)S(=O)N[C@@H]1c2ccccc2CC12CCN(c1nc(Cl)c(C=O)s1)CC2. The van der Waals surface area contributed by atoms with Crippen molar-refractivity contribution >= 4 is 45.3 Å². The Morgan fingerprint density at radius 3 is 2.62 bits per heavy atom. The van der Waals surface area contributed by atoms with Crippen molar-refractivity contribution in [2.75, 3.05) is 18.0 Å². The third kappa shape index (κ3) is 3.90. The molecule has 2 heterocycles. The molecular formula is C21H26ClN3O2S2. The first-order chi connectivity index (χ1) is 13.7. The van der Waals surface area contributed by atoms with E-state index in [1.807, 2.05) is 20.8 Å². The van der Waals surface area contributed by atoms with Gasteiger partial charge < -0.3 is 4.90 Å². The van der Waals surface area contributed by atoms with Crippen LogP contribution in [0.15, 0.2) is 24.3 Å². The summed E-state index contributed by atoms with van der Waals surface area (Å²) in [6.45, 7) is 7.70. The fourth-order valence-corrected chi connectivity index (χ4v) is 6.44. The summed E-state index contributed by atoms with van der Waals surface area (Å²) in [7, 11) is -1.14. The zero-order valence-electron chi connectivity index (χ0n) is 16.9. The highest BCUT2D eigenvalue weighted by Crippen LogP contribution is 2.52. The molecule has 0 saturated carbocycles. The first kappa shape index (κ1) is 21.0. The maximum absolute atomic E-state index is 12.9. The Hall–Kier alpha value is -1.28. The fraction of sp³-hybridized carbons (Fsp3) is 0.524. The van der Waals surface area contributed by atoms with Gasteiger partial charge in [-0.05, 0) is 56.6 Å². The molecule has 1 aliphatic carbocycles. The van der Waals surface area contributed by atoms with Crippen molar-refractivity contribution in [3.63, 3.8) is 0 Å². The van der Waals surface area contributed by atoms with Crippen LogP contribution in [-0.2, 0) is 17.4 Å². The number of piperidine rings is 1. The van der Waals surface area contributed by atoms with Gasteiger partial charge in [0.2, 0.25) is 0 Å². The van der Waals surface area contributed by atoms with Crippen LogP contribution in [-0.4, -0.2) is 33.3 Å². The van der Waals surface area contributed by atoms with Gasteiger partial charge in [-0.15, -0.1) is 0 Å². The van der Waals surface area contributed by atoms with Gasteiger partial charge >= 0.3 is 0 Å². The summed E-state index contributed by atoms with van der Waals surface area (Å²) in [5.74, 6) is 0. The molecule has 1 spiro atoms. The molecule has 0 radical (unpaired) electrons. The van der Waals surface area contributed by atoms with Crippen LogP contribution in [0.5, 0.6) is 0 Å². The minimum Gasteiger partial charge on any atom is -0.348 e. The molecule has 1 N–H and O–H groups in total. The summed E-state index contributed by atoms with van der Waals surface area (Å²) in [5, 5.41) is 1.10. The summed E-state index contributed by atoms with van der Waals surface area (Å²) in [4.78, 5) is 18.2. The van der Waals surface area contributed by atoms with Crippen LogP contribution < -0.4 is 9.62 Å². The molecule has 29 heavy (non-hydrogen) atoms. The van der Waals surface area contributed by atoms with E-state index in [4.69, 9.17) is 11.6 Å². The average molecular weight is 452 g/mol. The van der Waals surface area contributed by atoms with Crippen LogP contribution in [0.25, 0.3) is 0 Å². The molecule has 1 aromatic carbocycles. The molecule has 4 rings (SSSR count). The monoisotopic (exact) mass is 451 g/mol. The topological polar surface area (TPSA) is 62.3 Å². The summed E-state index contributed by atoms with van der Waals surface area (Å²) >= 11 is 7.42. The first-order valence-electron chi connectivity index (χ1n) is 9.86. The van der Waals surface area contributed by atoms with E-state index in [1.54, 1.807) is 0 Å². The van der Waals surface area contributed by atoms with E-state index in [0.717, 1.165) is 43.8 Å². The lowest BCUT2D eigenvalue weighted by Gasteiger charge is -2.44. The van der Waals surface area contributed by atoms with Crippen molar-refractivity contribution in [1.29, 1.82) is 0 Å². The second kappa shape index (κ2) is 7.76. The van der Waals surface area contributed by atoms with Crippen LogP contribution >= 0.6 is 22.9 Å². The van der Waals surface area contributed by atoms with Crippen molar-refractivity contribution in [2.45, 2.75) is 50.8 Å². The highest BCUT2D eigenvalue weighted by molar-refractivity contribution is 7.84. The molecule has 2 atom stereocenters. The normalized spacial score (nSPS) is 21.9. The zero-order chi connectivity index (χ0) is 20.8. The number of hydrogen-bond acceptors (Lipinski definition) is 5. The van der Waals surface area contributed by atoms with E-state index in [1.165, 1.54) is 22.5 Å². The fourth-order valence-electron chi connectivity index (χ4n) is 4.38. The van der Waals surface area contributed by atoms with Gasteiger partial charge in [-0.3, -0.25) is 4.79 Å². The van der Waals surface area contributed by atoms with Gasteiger partial charge in [0.15, 0.2) is 16.6 Å². The second-order valence-electron chi connectivity index (χ2n) is 8.93. The average Bonchev–Trinajstić information content (AvgIpc) is 3.20. The number of carbonyl (C=O) groups is 1. The standard InChI is InChI=1S/C21H26ClN3O2S2/c1-20(2,3)29(27)24-17-15-7-5-4-6-14(15)12-21(17)8-10-25(11-9-21)19-23-18(22)16(13-26)28-19/h4-7,13,17,24H,8-12H2,1-3H3/t17-,29?/m1/s1. The maximum Gasteiger partial charge on any atom is 0.187 e. The third-order valence-electron chi connectivity index (χ3n) is 6.04. The number of aromatic nitrogens is 1. The molecule has 1 saturated heterocycles. The number of thiazole rings is 1. The number of nitrogens with one attached hydrogen (secondary N) is 1. The van der Waals surface area contributed by atoms with Crippen molar-refractivity contribution < 1.29 is 9.00 Å². The largest absolute Gasteiger partial charge is 0.348 e. The number of benzene rings is 1. The number of aldehydes is 1. The molecule has 1 fully saturated rings. The number of hydrogen-bond donors (Lipinski definition) is 1. The van der Waals surface area contributed by atoms with Gasteiger partial charge in [0, 0.05) is 13.1 Å². The smallest absolute Gasteiger partial charge is 0.187 e. The van der Waals surface area contributed by atoms with Crippen molar-refractivity contribution in [1.82, 2.24) is 9.71 Å². The molecule has 2 aromatic rings. The lowest BCUT2D eigenvalue weighted by molar-refractivity contribution is 0.112. The molecule has 1 aromatic heterocycles. The number of carbonyl (C=O) groups excluding carboxylic acids is 1. The van der Waals surface area contributed by atoms with Crippen LogP contribution in [0.1, 0.15) is 60.5 Å². The number of anilines is 1. The van der Waals surface area contributed by atoms with Gasteiger partial charge in [0.25, 0.3) is 0 Å². The van der Waals surface area contributed by atoms with Gasteiger partial charge in [-0.2, -0.15) is 0 Å². The van der Waals surface area contributed by atoms with Crippen LogP contribution in [0.4, 0.5) is 5.13 Å². The summed E-state index contributed by atoms with van der Waals surface area (Å²) in [6.07, 6.45) is 3.70. The molecule has 2 aliphatic rings. The lowest BCUT2D eigenvalue weighted by atomic mass is 9.73. The van der Waals surface area contributed by atoms with E-state index in [-0.39, 0.29) is 21.4 Å². The molecular weight excluding hydrogens is 426 g/mol. The molecule has 156 valence electrons. The van der Waals surface area contributed by atoms with Crippen molar-refractivity contribution in [2.24, 2.45) is 5.41 Å². The zero-order valence-corrected chi connectivity index (χ0v) is 19.3. The van der Waals surface area contributed by atoms with E-state index in [9.17, 15) is 9.00 Å². The molecule has 0 bridgehead atoms. The third-order valence-corrected chi connectivity index (χ3v) is 9.04. The Balaban J connectivity index is 1.58. The quantitative estimate of drug-likeness (QED) is 0.693. The second-order valence-corrected chi connectivity index (χ2v) is 12.3. The molecule has 0 amide bonds. The first-order valence-corrected chi connectivity index (χ1v) is 12.2. The predicted octanol–water partition coefficient (Wildman–Crippen LogP) is 4.54. The number of rotatable bonds is 4. The number of nitrogens with zero attached hydrogens (tertiary/aromatic N) is 2. The van der Waals surface area contributed by atoms with Crippen molar-refractivity contribution in [3.05, 3.63) is 45.4 Å². The summed E-state index contributed by atoms with van der Waals surface area (Å²) in [6, 6.07) is 8.60. The van der Waals surface area contributed by atoms with Crippen molar-refractivity contribution in [3.8, 4) is 0 Å². The molecule has 1 unspecified atom stereocenters. The number of halogens is 1. The molecule has 1 aliphatic heterocycles. The van der Waals surface area contributed by atoms with E-state index in [2.05, 4.69) is 38.9 Å².